The Bertz CT molecular complexity index is 497. The lowest BCUT2D eigenvalue weighted by molar-refractivity contribution is -0.136. The highest BCUT2D eigenvalue weighted by Crippen LogP contribution is 2.50. The number of nitrogens with one attached hydrogen (secondary N) is 1. The summed E-state index contributed by atoms with van der Waals surface area (Å²) in [5.41, 5.74) is 0.883. The van der Waals surface area contributed by atoms with Gasteiger partial charge in [0.2, 0.25) is 5.91 Å². The molecule has 4 heteroatoms. The number of piperidine rings is 1. The van der Waals surface area contributed by atoms with E-state index in [1.807, 2.05) is 30.1 Å². The van der Waals surface area contributed by atoms with E-state index in [0.29, 0.717) is 5.91 Å². The quantitative estimate of drug-likeness (QED) is 0.855. The van der Waals surface area contributed by atoms with Gasteiger partial charge in [-0.1, -0.05) is 29.8 Å². The van der Waals surface area contributed by atoms with Crippen LogP contribution in [0, 0.1) is 5.41 Å². The molecule has 0 aliphatic carbocycles. The zero-order chi connectivity index (χ0) is 13.5. The van der Waals surface area contributed by atoms with Gasteiger partial charge in [0, 0.05) is 24.5 Å². The first-order valence-electron chi connectivity index (χ1n) is 6.86. The van der Waals surface area contributed by atoms with E-state index in [4.69, 9.17) is 11.6 Å². The standard InChI is InChI=1S/C15H19ClN2O/c1-18-10-12(11-4-2-3-5-13(11)16)15(14(18)19)6-8-17-9-7-15/h2-5,12,17H,6-10H2,1H3. The minimum atomic E-state index is -0.245. The van der Waals surface area contributed by atoms with Crippen LogP contribution in [-0.4, -0.2) is 37.5 Å². The lowest BCUT2D eigenvalue weighted by Gasteiger charge is -2.37. The number of likely N-dealkylation sites (N-methyl/N-ethyl adjacent to an activating group) is 1. The van der Waals surface area contributed by atoms with Gasteiger partial charge in [-0.2, -0.15) is 0 Å². The second kappa shape index (κ2) is 4.80. The number of amides is 1. The molecule has 3 nitrogen and oxygen atoms in total. The van der Waals surface area contributed by atoms with Crippen molar-refractivity contribution >= 4 is 17.5 Å². The molecular formula is C15H19ClN2O. The predicted octanol–water partition coefficient (Wildman–Crippen LogP) is 2.27. The van der Waals surface area contributed by atoms with Crippen molar-refractivity contribution in [2.45, 2.75) is 18.8 Å². The van der Waals surface area contributed by atoms with Crippen LogP contribution in [0.25, 0.3) is 0 Å². The third-order valence-electron chi connectivity index (χ3n) is 4.67. The van der Waals surface area contributed by atoms with Crippen molar-refractivity contribution in [2.24, 2.45) is 5.41 Å². The van der Waals surface area contributed by atoms with Gasteiger partial charge in [-0.05, 0) is 37.6 Å². The van der Waals surface area contributed by atoms with Crippen LogP contribution in [0.2, 0.25) is 5.02 Å². The second-order valence-electron chi connectivity index (χ2n) is 5.67. The fourth-order valence-corrected chi connectivity index (χ4v) is 3.92. The minimum Gasteiger partial charge on any atom is -0.345 e. The Kier molecular flexibility index (Phi) is 3.27. The lowest BCUT2D eigenvalue weighted by atomic mass is 9.68. The SMILES string of the molecule is CN1CC(c2ccccc2Cl)C2(CCNCC2)C1=O. The molecule has 1 aromatic carbocycles. The highest BCUT2D eigenvalue weighted by Gasteiger charge is 2.53. The maximum atomic E-state index is 12.6. The summed E-state index contributed by atoms with van der Waals surface area (Å²) < 4.78 is 0. The third-order valence-corrected chi connectivity index (χ3v) is 5.02. The molecule has 0 radical (unpaired) electrons. The number of carbonyl (C=O) groups excluding carboxylic acids is 1. The van der Waals surface area contributed by atoms with Crippen molar-refractivity contribution < 1.29 is 4.79 Å². The Balaban J connectivity index is 2.04. The molecule has 1 unspecified atom stereocenters. The first-order chi connectivity index (χ1) is 9.15. The Hall–Kier alpha value is -1.06. The van der Waals surface area contributed by atoms with Gasteiger partial charge >= 0.3 is 0 Å². The molecule has 1 amide bonds. The summed E-state index contributed by atoms with van der Waals surface area (Å²) in [4.78, 5) is 14.5. The summed E-state index contributed by atoms with van der Waals surface area (Å²) in [6, 6.07) is 7.96. The summed E-state index contributed by atoms with van der Waals surface area (Å²) >= 11 is 6.36. The average molecular weight is 279 g/mol. The topological polar surface area (TPSA) is 32.3 Å². The smallest absolute Gasteiger partial charge is 0.229 e. The number of carbonyl (C=O) groups is 1. The van der Waals surface area contributed by atoms with Gasteiger partial charge in [0.1, 0.15) is 0 Å². The molecule has 1 spiro atoms. The molecule has 0 bridgehead atoms. The van der Waals surface area contributed by atoms with Crippen LogP contribution in [0.3, 0.4) is 0 Å². The molecule has 1 aromatic rings. The van der Waals surface area contributed by atoms with Gasteiger partial charge in [-0.25, -0.2) is 0 Å². The highest BCUT2D eigenvalue weighted by molar-refractivity contribution is 6.31. The van der Waals surface area contributed by atoms with Crippen LogP contribution >= 0.6 is 11.6 Å². The minimum absolute atomic E-state index is 0.223. The molecular weight excluding hydrogens is 260 g/mol. The van der Waals surface area contributed by atoms with Crippen molar-refractivity contribution in [1.29, 1.82) is 0 Å². The third kappa shape index (κ3) is 1.96. The maximum Gasteiger partial charge on any atom is 0.229 e. The van der Waals surface area contributed by atoms with E-state index >= 15 is 0 Å². The van der Waals surface area contributed by atoms with E-state index in [1.165, 1.54) is 0 Å². The zero-order valence-electron chi connectivity index (χ0n) is 11.2. The van der Waals surface area contributed by atoms with E-state index in [1.54, 1.807) is 0 Å². The Morgan fingerprint density at radius 2 is 2.00 bits per heavy atom. The van der Waals surface area contributed by atoms with Gasteiger partial charge in [-0.15, -0.1) is 0 Å². The Labute approximate surface area is 118 Å². The first-order valence-corrected chi connectivity index (χ1v) is 7.24. The summed E-state index contributed by atoms with van der Waals surface area (Å²) in [6.07, 6.45) is 1.82. The molecule has 19 heavy (non-hydrogen) atoms. The molecule has 1 atom stereocenters. The van der Waals surface area contributed by atoms with Crippen molar-refractivity contribution in [3.8, 4) is 0 Å². The fourth-order valence-electron chi connectivity index (χ4n) is 3.65. The van der Waals surface area contributed by atoms with Crippen molar-refractivity contribution in [3.05, 3.63) is 34.9 Å². The molecule has 102 valence electrons. The monoisotopic (exact) mass is 278 g/mol. The Morgan fingerprint density at radius 1 is 1.32 bits per heavy atom. The van der Waals surface area contributed by atoms with Gasteiger partial charge < -0.3 is 10.2 Å². The summed E-state index contributed by atoms with van der Waals surface area (Å²) in [5.74, 6) is 0.514. The average Bonchev–Trinajstić information content (AvgIpc) is 2.66. The molecule has 2 fully saturated rings. The van der Waals surface area contributed by atoms with E-state index in [2.05, 4.69) is 11.4 Å². The van der Waals surface area contributed by atoms with Gasteiger partial charge in [0.05, 0.1) is 5.41 Å². The number of rotatable bonds is 1. The van der Waals surface area contributed by atoms with Gasteiger partial charge in [0.25, 0.3) is 0 Å². The summed E-state index contributed by atoms with van der Waals surface area (Å²) in [5, 5.41) is 4.14. The molecule has 3 rings (SSSR count). The van der Waals surface area contributed by atoms with Gasteiger partial charge in [-0.3, -0.25) is 4.79 Å². The number of benzene rings is 1. The zero-order valence-corrected chi connectivity index (χ0v) is 11.9. The molecule has 0 aromatic heterocycles. The van der Waals surface area contributed by atoms with Crippen LogP contribution in [0.1, 0.15) is 24.3 Å². The van der Waals surface area contributed by atoms with Crippen LogP contribution in [-0.2, 0) is 4.79 Å². The molecule has 2 aliphatic heterocycles. The number of halogens is 1. The molecule has 0 saturated carbocycles. The molecule has 2 saturated heterocycles. The number of hydrogen-bond donors (Lipinski definition) is 1. The van der Waals surface area contributed by atoms with E-state index < -0.39 is 0 Å². The highest BCUT2D eigenvalue weighted by atomic mass is 35.5. The normalized spacial score (nSPS) is 26.1. The summed E-state index contributed by atoms with van der Waals surface area (Å²) in [6.45, 7) is 2.61. The molecule has 2 aliphatic rings. The lowest BCUT2D eigenvalue weighted by Crippen LogP contribution is -2.44. The van der Waals surface area contributed by atoms with Crippen molar-refractivity contribution in [1.82, 2.24) is 10.2 Å². The van der Waals surface area contributed by atoms with Crippen molar-refractivity contribution in [3.63, 3.8) is 0 Å². The van der Waals surface area contributed by atoms with Gasteiger partial charge in [0.15, 0.2) is 0 Å². The molecule has 2 heterocycles. The predicted molar refractivity (Wildman–Crippen MR) is 76.4 cm³/mol. The van der Waals surface area contributed by atoms with Crippen molar-refractivity contribution in [2.75, 3.05) is 26.7 Å². The van der Waals surface area contributed by atoms with E-state index in [0.717, 1.165) is 43.1 Å². The molecule has 1 N–H and O–H groups in total. The summed E-state index contributed by atoms with van der Waals surface area (Å²) in [7, 11) is 1.91. The number of likely N-dealkylation sites (tertiary alicyclic amines) is 1. The largest absolute Gasteiger partial charge is 0.345 e. The first kappa shape index (κ1) is 12.9. The van der Waals surface area contributed by atoms with Crippen LogP contribution in [0.15, 0.2) is 24.3 Å². The van der Waals surface area contributed by atoms with Crippen LogP contribution in [0.4, 0.5) is 0 Å². The van der Waals surface area contributed by atoms with E-state index in [-0.39, 0.29) is 11.3 Å². The van der Waals surface area contributed by atoms with E-state index in [9.17, 15) is 4.79 Å². The Morgan fingerprint density at radius 3 is 2.68 bits per heavy atom. The second-order valence-corrected chi connectivity index (χ2v) is 6.07. The number of nitrogens with zero attached hydrogens (tertiary/aromatic N) is 1. The van der Waals surface area contributed by atoms with Crippen LogP contribution < -0.4 is 5.32 Å². The number of hydrogen-bond acceptors (Lipinski definition) is 2. The van der Waals surface area contributed by atoms with Crippen LogP contribution in [0.5, 0.6) is 0 Å². The maximum absolute atomic E-state index is 12.6. The fraction of sp³-hybridized carbons (Fsp3) is 0.533.